The Morgan fingerprint density at radius 3 is 2.58 bits per heavy atom. The number of rotatable bonds is 5. The number of benzene rings is 1. The van der Waals surface area contributed by atoms with Crippen molar-refractivity contribution >= 4 is 5.69 Å². The molecule has 0 aliphatic rings. The van der Waals surface area contributed by atoms with Gasteiger partial charge in [-0.15, -0.1) is 0 Å². The van der Waals surface area contributed by atoms with Gasteiger partial charge < -0.3 is 5.32 Å². The van der Waals surface area contributed by atoms with Gasteiger partial charge in [-0.25, -0.2) is 0 Å². The lowest BCUT2D eigenvalue weighted by molar-refractivity contribution is -0.137. The summed E-state index contributed by atoms with van der Waals surface area (Å²) in [5.41, 5.74) is -0.312. The highest BCUT2D eigenvalue weighted by molar-refractivity contribution is 5.59. The minimum atomic E-state index is -4.42. The Bertz CT molecular complexity index is 461. The number of nitriles is 1. The number of hydrogen-bond acceptors (Lipinski definition) is 2. The van der Waals surface area contributed by atoms with E-state index in [1.807, 2.05) is 0 Å². The number of halogens is 3. The molecule has 1 unspecified atom stereocenters. The van der Waals surface area contributed by atoms with E-state index in [1.54, 1.807) is 6.07 Å². The van der Waals surface area contributed by atoms with Gasteiger partial charge in [0.1, 0.15) is 6.07 Å². The van der Waals surface area contributed by atoms with Gasteiger partial charge in [0.25, 0.3) is 0 Å². The molecule has 0 saturated carbocycles. The van der Waals surface area contributed by atoms with Gasteiger partial charge in [-0.3, -0.25) is 0 Å². The van der Waals surface area contributed by atoms with Crippen LogP contribution in [0.25, 0.3) is 0 Å². The molecule has 1 aromatic rings. The summed E-state index contributed by atoms with van der Waals surface area (Å²) in [4.78, 5) is 0. The Morgan fingerprint density at radius 2 is 2.05 bits per heavy atom. The van der Waals surface area contributed by atoms with Crippen molar-refractivity contribution in [2.24, 2.45) is 5.92 Å². The molecule has 0 bridgehead atoms. The summed E-state index contributed by atoms with van der Waals surface area (Å²) in [5.74, 6) is 0.416. The minimum Gasteiger partial charge on any atom is -0.384 e. The monoisotopic (exact) mass is 270 g/mol. The molecule has 0 heterocycles. The first kappa shape index (κ1) is 15.4. The number of nitrogens with zero attached hydrogens (tertiary/aromatic N) is 1. The lowest BCUT2D eigenvalue weighted by Gasteiger charge is -2.15. The fourth-order valence-electron chi connectivity index (χ4n) is 1.85. The molecule has 2 nitrogen and oxygen atoms in total. The van der Waals surface area contributed by atoms with Crippen molar-refractivity contribution in [2.45, 2.75) is 32.9 Å². The van der Waals surface area contributed by atoms with Crippen LogP contribution in [0, 0.1) is 17.2 Å². The van der Waals surface area contributed by atoms with Gasteiger partial charge in [0.2, 0.25) is 0 Å². The molecule has 0 radical (unpaired) electrons. The van der Waals surface area contributed by atoms with Crippen LogP contribution in [0.1, 0.15) is 37.8 Å². The Balaban J connectivity index is 2.83. The lowest BCUT2D eigenvalue weighted by Crippen LogP contribution is -2.13. The Kier molecular flexibility index (Phi) is 5.22. The van der Waals surface area contributed by atoms with Gasteiger partial charge in [-0.1, -0.05) is 20.3 Å². The summed E-state index contributed by atoms with van der Waals surface area (Å²) in [6.45, 7) is 4.79. The van der Waals surface area contributed by atoms with Crippen molar-refractivity contribution < 1.29 is 13.2 Å². The maximum absolute atomic E-state index is 12.5. The quantitative estimate of drug-likeness (QED) is 0.859. The van der Waals surface area contributed by atoms with Crippen LogP contribution >= 0.6 is 0 Å². The van der Waals surface area contributed by atoms with E-state index in [4.69, 9.17) is 5.26 Å². The SMILES string of the molecule is CCCC(C)CNc1ccc(C(F)(F)F)cc1C#N. The van der Waals surface area contributed by atoms with E-state index in [0.717, 1.165) is 25.0 Å². The molecule has 1 rings (SSSR count). The average Bonchev–Trinajstić information content (AvgIpc) is 2.35. The van der Waals surface area contributed by atoms with Crippen molar-refractivity contribution in [3.05, 3.63) is 29.3 Å². The Hall–Kier alpha value is -1.70. The van der Waals surface area contributed by atoms with Crippen molar-refractivity contribution in [1.29, 1.82) is 5.26 Å². The molecule has 5 heteroatoms. The third-order valence-corrected chi connectivity index (χ3v) is 2.89. The van der Waals surface area contributed by atoms with Crippen LogP contribution in [-0.2, 0) is 6.18 Å². The first-order valence-electron chi connectivity index (χ1n) is 6.23. The molecular weight excluding hydrogens is 253 g/mol. The molecule has 0 aliphatic heterocycles. The van der Waals surface area contributed by atoms with Crippen LogP contribution < -0.4 is 5.32 Å². The molecule has 1 N–H and O–H groups in total. The third kappa shape index (κ3) is 4.47. The fraction of sp³-hybridized carbons (Fsp3) is 0.500. The van der Waals surface area contributed by atoms with Gasteiger partial charge in [0, 0.05) is 6.54 Å². The average molecular weight is 270 g/mol. The zero-order valence-corrected chi connectivity index (χ0v) is 11.0. The molecule has 1 aromatic carbocycles. The van der Waals surface area contributed by atoms with E-state index < -0.39 is 11.7 Å². The fourth-order valence-corrected chi connectivity index (χ4v) is 1.85. The maximum Gasteiger partial charge on any atom is 0.416 e. The molecule has 0 amide bonds. The summed E-state index contributed by atoms with van der Waals surface area (Å²) in [6, 6.07) is 5.00. The van der Waals surface area contributed by atoms with Gasteiger partial charge in [-0.05, 0) is 30.5 Å². The second-order valence-electron chi connectivity index (χ2n) is 4.64. The van der Waals surface area contributed by atoms with Crippen LogP contribution in [0.5, 0.6) is 0 Å². The van der Waals surface area contributed by atoms with E-state index in [9.17, 15) is 13.2 Å². The highest BCUT2D eigenvalue weighted by Gasteiger charge is 2.31. The van der Waals surface area contributed by atoms with Crippen LogP contribution in [0.4, 0.5) is 18.9 Å². The number of alkyl halides is 3. The first-order valence-corrected chi connectivity index (χ1v) is 6.23. The molecule has 0 spiro atoms. The number of hydrogen-bond donors (Lipinski definition) is 1. The van der Waals surface area contributed by atoms with Gasteiger partial charge >= 0.3 is 6.18 Å². The van der Waals surface area contributed by atoms with Gasteiger partial charge in [0.15, 0.2) is 0 Å². The van der Waals surface area contributed by atoms with Crippen molar-refractivity contribution in [1.82, 2.24) is 0 Å². The Morgan fingerprint density at radius 1 is 1.37 bits per heavy atom. The number of anilines is 1. The van der Waals surface area contributed by atoms with Crippen LogP contribution in [0.15, 0.2) is 18.2 Å². The molecule has 104 valence electrons. The lowest BCUT2D eigenvalue weighted by atomic mass is 10.1. The largest absolute Gasteiger partial charge is 0.416 e. The standard InChI is InChI=1S/C14H17F3N2/c1-3-4-10(2)9-19-13-6-5-12(14(15,16)17)7-11(13)8-18/h5-7,10,19H,3-4,9H2,1-2H3. The third-order valence-electron chi connectivity index (χ3n) is 2.89. The zero-order chi connectivity index (χ0) is 14.5. The van der Waals surface area contributed by atoms with Crippen molar-refractivity contribution in [3.8, 4) is 6.07 Å². The highest BCUT2D eigenvalue weighted by Crippen LogP contribution is 2.31. The molecule has 0 saturated heterocycles. The van der Waals surface area contributed by atoms with Crippen LogP contribution in [0.3, 0.4) is 0 Å². The summed E-state index contributed by atoms with van der Waals surface area (Å²) < 4.78 is 37.6. The molecule has 0 aromatic heterocycles. The second kappa shape index (κ2) is 6.46. The summed E-state index contributed by atoms with van der Waals surface area (Å²) in [7, 11) is 0. The van der Waals surface area contributed by atoms with E-state index in [2.05, 4.69) is 19.2 Å². The molecule has 1 atom stereocenters. The van der Waals surface area contributed by atoms with Crippen molar-refractivity contribution in [3.63, 3.8) is 0 Å². The molecule has 19 heavy (non-hydrogen) atoms. The Labute approximate surface area is 111 Å². The van der Waals surface area contributed by atoms with E-state index >= 15 is 0 Å². The summed E-state index contributed by atoms with van der Waals surface area (Å²) >= 11 is 0. The van der Waals surface area contributed by atoms with E-state index in [0.29, 0.717) is 18.2 Å². The smallest absolute Gasteiger partial charge is 0.384 e. The molecular formula is C14H17F3N2. The van der Waals surface area contributed by atoms with E-state index in [-0.39, 0.29) is 5.56 Å². The maximum atomic E-state index is 12.5. The predicted octanol–water partition coefficient (Wildman–Crippen LogP) is 4.43. The first-order chi connectivity index (χ1) is 8.88. The van der Waals surface area contributed by atoms with Gasteiger partial charge in [0.05, 0.1) is 16.8 Å². The highest BCUT2D eigenvalue weighted by atomic mass is 19.4. The molecule has 0 aliphatic carbocycles. The topological polar surface area (TPSA) is 35.8 Å². The zero-order valence-electron chi connectivity index (χ0n) is 11.0. The van der Waals surface area contributed by atoms with Crippen LogP contribution in [-0.4, -0.2) is 6.54 Å². The van der Waals surface area contributed by atoms with E-state index in [1.165, 1.54) is 6.07 Å². The predicted molar refractivity (Wildman–Crippen MR) is 68.7 cm³/mol. The summed E-state index contributed by atoms with van der Waals surface area (Å²) in [6.07, 6.45) is -2.32. The van der Waals surface area contributed by atoms with Crippen LogP contribution in [0.2, 0.25) is 0 Å². The summed E-state index contributed by atoms with van der Waals surface area (Å²) in [5, 5.41) is 12.0. The van der Waals surface area contributed by atoms with Gasteiger partial charge in [-0.2, -0.15) is 18.4 Å². The second-order valence-corrected chi connectivity index (χ2v) is 4.64. The minimum absolute atomic E-state index is 0.0264. The molecule has 0 fully saturated rings. The number of nitrogens with one attached hydrogen (secondary N) is 1. The van der Waals surface area contributed by atoms with Crippen molar-refractivity contribution in [2.75, 3.05) is 11.9 Å². The normalized spacial score (nSPS) is 12.8.